The van der Waals surface area contributed by atoms with Crippen LogP contribution < -0.4 is 5.32 Å². The summed E-state index contributed by atoms with van der Waals surface area (Å²) in [6.45, 7) is 2.00. The van der Waals surface area contributed by atoms with Crippen molar-refractivity contribution in [3.63, 3.8) is 0 Å². The van der Waals surface area contributed by atoms with E-state index < -0.39 is 5.82 Å². The summed E-state index contributed by atoms with van der Waals surface area (Å²) < 4.78 is 13.3. The largest absolute Gasteiger partial charge is 0.323 e. The van der Waals surface area contributed by atoms with Crippen LogP contribution in [0.5, 0.6) is 0 Å². The molecule has 2 nitrogen and oxygen atoms in total. The molecule has 1 aromatic carbocycles. The van der Waals surface area contributed by atoms with E-state index >= 15 is 0 Å². The zero-order valence-electron chi connectivity index (χ0n) is 8.26. The molecular formula is C11H11ClFNO. The quantitative estimate of drug-likeness (QED) is 0.827. The molecule has 1 fully saturated rings. The van der Waals surface area contributed by atoms with Gasteiger partial charge in [0.1, 0.15) is 5.82 Å². The first-order valence-corrected chi connectivity index (χ1v) is 5.21. The SMILES string of the molecule is C[C@H]1C[C@@H]1C(=O)Nc1ccc(Cl)cc1F. The van der Waals surface area contributed by atoms with Gasteiger partial charge in [-0.25, -0.2) is 4.39 Å². The van der Waals surface area contributed by atoms with Crippen molar-refractivity contribution in [3.8, 4) is 0 Å². The third-order valence-electron chi connectivity index (χ3n) is 2.64. The zero-order valence-corrected chi connectivity index (χ0v) is 9.01. The summed E-state index contributed by atoms with van der Waals surface area (Å²) in [6.07, 6.45) is 0.890. The van der Waals surface area contributed by atoms with Crippen LogP contribution in [-0.4, -0.2) is 5.91 Å². The number of amides is 1. The molecule has 15 heavy (non-hydrogen) atoms. The van der Waals surface area contributed by atoms with E-state index in [1.807, 2.05) is 6.92 Å². The van der Waals surface area contributed by atoms with E-state index in [4.69, 9.17) is 11.6 Å². The Morgan fingerprint density at radius 2 is 2.27 bits per heavy atom. The Labute approximate surface area is 92.4 Å². The number of carbonyl (C=O) groups is 1. The molecule has 0 heterocycles. The van der Waals surface area contributed by atoms with Crippen molar-refractivity contribution in [3.05, 3.63) is 29.0 Å². The van der Waals surface area contributed by atoms with Crippen LogP contribution in [0.4, 0.5) is 10.1 Å². The Bertz CT molecular complexity index is 408. The predicted molar refractivity (Wildman–Crippen MR) is 57.3 cm³/mol. The highest BCUT2D eigenvalue weighted by Crippen LogP contribution is 2.38. The molecule has 2 rings (SSSR count). The van der Waals surface area contributed by atoms with Gasteiger partial charge in [0.15, 0.2) is 0 Å². The van der Waals surface area contributed by atoms with E-state index in [1.165, 1.54) is 12.1 Å². The van der Waals surface area contributed by atoms with Gasteiger partial charge >= 0.3 is 0 Å². The number of nitrogens with one attached hydrogen (secondary N) is 1. The van der Waals surface area contributed by atoms with Crippen molar-refractivity contribution in [2.75, 3.05) is 5.32 Å². The van der Waals surface area contributed by atoms with Gasteiger partial charge in [0.05, 0.1) is 5.69 Å². The number of anilines is 1. The number of halogens is 2. The van der Waals surface area contributed by atoms with Crippen LogP contribution >= 0.6 is 11.6 Å². The third kappa shape index (κ3) is 2.29. The number of hydrogen-bond acceptors (Lipinski definition) is 1. The molecule has 1 aromatic rings. The van der Waals surface area contributed by atoms with Gasteiger partial charge in [-0.3, -0.25) is 4.79 Å². The highest BCUT2D eigenvalue weighted by atomic mass is 35.5. The summed E-state index contributed by atoms with van der Waals surface area (Å²) in [7, 11) is 0. The van der Waals surface area contributed by atoms with Crippen LogP contribution in [0.3, 0.4) is 0 Å². The van der Waals surface area contributed by atoms with Crippen molar-refractivity contribution in [2.45, 2.75) is 13.3 Å². The maximum absolute atomic E-state index is 13.3. The van der Waals surface area contributed by atoms with Crippen LogP contribution in [-0.2, 0) is 4.79 Å². The summed E-state index contributed by atoms with van der Waals surface area (Å²) in [4.78, 5) is 11.5. The molecule has 80 valence electrons. The van der Waals surface area contributed by atoms with Crippen molar-refractivity contribution >= 4 is 23.2 Å². The summed E-state index contributed by atoms with van der Waals surface area (Å²) in [5, 5.41) is 2.88. The zero-order chi connectivity index (χ0) is 11.0. The molecule has 0 unspecified atom stereocenters. The summed E-state index contributed by atoms with van der Waals surface area (Å²) in [6, 6.07) is 4.21. The Hall–Kier alpha value is -1.09. The lowest BCUT2D eigenvalue weighted by molar-refractivity contribution is -0.117. The standard InChI is InChI=1S/C11H11ClFNO/c1-6-4-8(6)11(15)14-10-3-2-7(12)5-9(10)13/h2-3,5-6,8H,4H2,1H3,(H,14,15)/t6-,8-/m0/s1. The molecule has 1 aliphatic carbocycles. The van der Waals surface area contributed by atoms with Gasteiger partial charge in [0.2, 0.25) is 5.91 Å². The molecule has 0 spiro atoms. The van der Waals surface area contributed by atoms with Crippen LogP contribution in [0.2, 0.25) is 5.02 Å². The van der Waals surface area contributed by atoms with Crippen molar-refractivity contribution < 1.29 is 9.18 Å². The molecule has 1 saturated carbocycles. The number of carbonyl (C=O) groups excluding carboxylic acids is 1. The first-order valence-electron chi connectivity index (χ1n) is 4.84. The van der Waals surface area contributed by atoms with Gasteiger partial charge in [-0.2, -0.15) is 0 Å². The van der Waals surface area contributed by atoms with Crippen LogP contribution in [0.1, 0.15) is 13.3 Å². The van der Waals surface area contributed by atoms with Crippen LogP contribution in [0, 0.1) is 17.7 Å². The Morgan fingerprint density at radius 1 is 1.60 bits per heavy atom. The average Bonchev–Trinajstić information content (AvgIpc) is 2.88. The fourth-order valence-electron chi connectivity index (χ4n) is 1.50. The van der Waals surface area contributed by atoms with E-state index in [9.17, 15) is 9.18 Å². The van der Waals surface area contributed by atoms with E-state index in [0.717, 1.165) is 6.42 Å². The lowest BCUT2D eigenvalue weighted by Crippen LogP contribution is -2.15. The highest BCUT2D eigenvalue weighted by molar-refractivity contribution is 6.30. The molecule has 0 radical (unpaired) electrons. The minimum absolute atomic E-state index is 0.0417. The third-order valence-corrected chi connectivity index (χ3v) is 2.87. The normalized spacial score (nSPS) is 23.7. The summed E-state index contributed by atoms with van der Waals surface area (Å²) in [5.74, 6) is -0.145. The molecule has 2 atom stereocenters. The monoisotopic (exact) mass is 227 g/mol. The van der Waals surface area contributed by atoms with E-state index in [0.29, 0.717) is 10.9 Å². The van der Waals surface area contributed by atoms with E-state index in [1.54, 1.807) is 6.07 Å². The maximum atomic E-state index is 13.3. The molecule has 1 amide bonds. The van der Waals surface area contributed by atoms with Gasteiger partial charge in [0.25, 0.3) is 0 Å². The van der Waals surface area contributed by atoms with Gasteiger partial charge < -0.3 is 5.32 Å². The van der Waals surface area contributed by atoms with Crippen LogP contribution in [0.25, 0.3) is 0 Å². The fraction of sp³-hybridized carbons (Fsp3) is 0.364. The second kappa shape index (κ2) is 3.81. The molecule has 1 aliphatic rings. The van der Waals surface area contributed by atoms with Crippen LogP contribution in [0.15, 0.2) is 18.2 Å². The Kier molecular flexibility index (Phi) is 2.65. The molecule has 0 saturated heterocycles. The fourth-order valence-corrected chi connectivity index (χ4v) is 1.66. The molecular weight excluding hydrogens is 217 g/mol. The van der Waals surface area contributed by atoms with Crippen molar-refractivity contribution in [1.29, 1.82) is 0 Å². The first kappa shape index (κ1) is 10.4. The molecule has 0 aromatic heterocycles. The van der Waals surface area contributed by atoms with Crippen molar-refractivity contribution in [1.82, 2.24) is 0 Å². The smallest absolute Gasteiger partial charge is 0.227 e. The Morgan fingerprint density at radius 3 is 2.80 bits per heavy atom. The van der Waals surface area contributed by atoms with E-state index in [2.05, 4.69) is 5.32 Å². The minimum atomic E-state index is -0.496. The second-order valence-corrected chi connectivity index (χ2v) is 4.37. The second-order valence-electron chi connectivity index (χ2n) is 3.93. The number of benzene rings is 1. The summed E-state index contributed by atoms with van der Waals surface area (Å²) >= 11 is 5.60. The average molecular weight is 228 g/mol. The number of hydrogen-bond donors (Lipinski definition) is 1. The lowest BCUT2D eigenvalue weighted by Gasteiger charge is -2.05. The van der Waals surface area contributed by atoms with E-state index in [-0.39, 0.29) is 17.5 Å². The Balaban J connectivity index is 2.07. The highest BCUT2D eigenvalue weighted by Gasteiger charge is 2.39. The molecule has 0 aliphatic heterocycles. The molecule has 1 N–H and O–H groups in total. The molecule has 4 heteroatoms. The topological polar surface area (TPSA) is 29.1 Å². The maximum Gasteiger partial charge on any atom is 0.227 e. The summed E-state index contributed by atoms with van der Waals surface area (Å²) in [5.41, 5.74) is 0.198. The predicted octanol–water partition coefficient (Wildman–Crippen LogP) is 3.07. The van der Waals surface area contributed by atoms with Gasteiger partial charge in [0, 0.05) is 10.9 Å². The van der Waals surface area contributed by atoms with Gasteiger partial charge in [-0.05, 0) is 30.5 Å². The first-order chi connectivity index (χ1) is 7.08. The van der Waals surface area contributed by atoms with Crippen molar-refractivity contribution in [2.24, 2.45) is 11.8 Å². The van der Waals surface area contributed by atoms with Gasteiger partial charge in [-0.15, -0.1) is 0 Å². The minimum Gasteiger partial charge on any atom is -0.323 e. The lowest BCUT2D eigenvalue weighted by atomic mass is 10.2. The van der Waals surface area contributed by atoms with Gasteiger partial charge in [-0.1, -0.05) is 18.5 Å². The molecule has 0 bridgehead atoms. The number of rotatable bonds is 2.